The van der Waals surface area contributed by atoms with E-state index in [1.807, 2.05) is 36.1 Å². The van der Waals surface area contributed by atoms with E-state index in [2.05, 4.69) is 15.4 Å². The standard InChI is InChI=1S/C20H25N5O2/c1-14-10-17(24(2)23-14)19(27)25-12-16(20(13-25)7-5-8-20)18(26)22-11-15-6-3-4-9-21-15/h3-4,6,9-10,16H,5,7-8,11-13H2,1-2H3,(H,22,26). The first-order chi connectivity index (χ1) is 13.0. The molecule has 0 radical (unpaired) electrons. The molecular formula is C20H25N5O2. The first-order valence-electron chi connectivity index (χ1n) is 9.46. The maximum atomic E-state index is 13.0. The van der Waals surface area contributed by atoms with Crippen LogP contribution in [0.1, 0.15) is 41.1 Å². The summed E-state index contributed by atoms with van der Waals surface area (Å²) in [5, 5.41) is 7.30. The van der Waals surface area contributed by atoms with Crippen molar-refractivity contribution in [2.45, 2.75) is 32.7 Å². The number of nitrogens with zero attached hydrogens (tertiary/aromatic N) is 4. The first kappa shape index (κ1) is 17.7. The highest BCUT2D eigenvalue weighted by Crippen LogP contribution is 2.52. The van der Waals surface area contributed by atoms with E-state index in [1.165, 1.54) is 0 Å². The molecule has 0 bridgehead atoms. The van der Waals surface area contributed by atoms with Crippen molar-refractivity contribution in [3.63, 3.8) is 0 Å². The summed E-state index contributed by atoms with van der Waals surface area (Å²) in [7, 11) is 1.78. The molecule has 1 aliphatic heterocycles. The molecule has 27 heavy (non-hydrogen) atoms. The van der Waals surface area contributed by atoms with Gasteiger partial charge in [-0.15, -0.1) is 0 Å². The minimum Gasteiger partial charge on any atom is -0.350 e. The van der Waals surface area contributed by atoms with Gasteiger partial charge in [-0.1, -0.05) is 12.5 Å². The summed E-state index contributed by atoms with van der Waals surface area (Å²) in [5.74, 6) is -0.172. The number of pyridine rings is 1. The summed E-state index contributed by atoms with van der Waals surface area (Å²) < 4.78 is 1.62. The smallest absolute Gasteiger partial charge is 0.272 e. The van der Waals surface area contributed by atoms with Gasteiger partial charge in [0, 0.05) is 31.7 Å². The van der Waals surface area contributed by atoms with Crippen LogP contribution in [0.3, 0.4) is 0 Å². The molecule has 2 aromatic rings. The van der Waals surface area contributed by atoms with Crippen molar-refractivity contribution in [3.05, 3.63) is 47.5 Å². The lowest BCUT2D eigenvalue weighted by Crippen LogP contribution is -2.45. The summed E-state index contributed by atoms with van der Waals surface area (Å²) >= 11 is 0. The molecule has 1 saturated heterocycles. The molecule has 1 unspecified atom stereocenters. The predicted molar refractivity (Wildman–Crippen MR) is 99.7 cm³/mol. The Kier molecular flexibility index (Phi) is 4.45. The van der Waals surface area contributed by atoms with Gasteiger partial charge in [-0.3, -0.25) is 19.3 Å². The van der Waals surface area contributed by atoms with Crippen LogP contribution in [0.15, 0.2) is 30.5 Å². The van der Waals surface area contributed by atoms with E-state index in [0.29, 0.717) is 25.3 Å². The number of amides is 2. The quantitative estimate of drug-likeness (QED) is 0.892. The Balaban J connectivity index is 1.47. The maximum absolute atomic E-state index is 13.0. The van der Waals surface area contributed by atoms with Gasteiger partial charge >= 0.3 is 0 Å². The molecule has 1 saturated carbocycles. The van der Waals surface area contributed by atoms with E-state index < -0.39 is 0 Å². The van der Waals surface area contributed by atoms with Crippen molar-refractivity contribution < 1.29 is 9.59 Å². The molecule has 3 heterocycles. The lowest BCUT2D eigenvalue weighted by atomic mass is 9.62. The largest absolute Gasteiger partial charge is 0.350 e. The number of rotatable bonds is 4. The molecule has 2 fully saturated rings. The minimum atomic E-state index is -0.159. The van der Waals surface area contributed by atoms with Crippen LogP contribution < -0.4 is 5.32 Å². The molecule has 1 N–H and O–H groups in total. The fourth-order valence-corrected chi connectivity index (χ4v) is 4.40. The summed E-state index contributed by atoms with van der Waals surface area (Å²) in [4.78, 5) is 32.0. The Hall–Kier alpha value is -2.70. The Morgan fingerprint density at radius 2 is 2.15 bits per heavy atom. The Bertz CT molecular complexity index is 857. The van der Waals surface area contributed by atoms with Crippen LogP contribution in [0.4, 0.5) is 0 Å². The summed E-state index contributed by atoms with van der Waals surface area (Å²) in [6.45, 7) is 3.41. The van der Waals surface area contributed by atoms with E-state index in [1.54, 1.807) is 17.9 Å². The highest BCUT2D eigenvalue weighted by atomic mass is 16.2. The number of hydrogen-bond acceptors (Lipinski definition) is 4. The molecule has 7 nitrogen and oxygen atoms in total. The number of nitrogens with one attached hydrogen (secondary N) is 1. The topological polar surface area (TPSA) is 80.1 Å². The van der Waals surface area contributed by atoms with Crippen molar-refractivity contribution in [1.29, 1.82) is 0 Å². The molecular weight excluding hydrogens is 342 g/mol. The Morgan fingerprint density at radius 1 is 1.33 bits per heavy atom. The van der Waals surface area contributed by atoms with E-state index >= 15 is 0 Å². The van der Waals surface area contributed by atoms with Gasteiger partial charge in [0.15, 0.2) is 0 Å². The monoisotopic (exact) mass is 367 g/mol. The van der Waals surface area contributed by atoms with Crippen LogP contribution in [0, 0.1) is 18.3 Å². The van der Waals surface area contributed by atoms with Crippen molar-refractivity contribution in [3.8, 4) is 0 Å². The number of aromatic nitrogens is 3. The van der Waals surface area contributed by atoms with Crippen LogP contribution in [-0.2, 0) is 18.4 Å². The minimum absolute atomic E-state index is 0.0249. The number of hydrogen-bond donors (Lipinski definition) is 1. The lowest BCUT2D eigenvalue weighted by molar-refractivity contribution is -0.129. The summed E-state index contributed by atoms with van der Waals surface area (Å²) in [5.41, 5.74) is 2.17. The Morgan fingerprint density at radius 3 is 2.74 bits per heavy atom. The van der Waals surface area contributed by atoms with Crippen LogP contribution in [-0.4, -0.2) is 44.6 Å². The Labute approximate surface area is 158 Å². The molecule has 0 aromatic carbocycles. The third-order valence-corrected chi connectivity index (χ3v) is 5.99. The van der Waals surface area contributed by atoms with Crippen molar-refractivity contribution in [2.24, 2.45) is 18.4 Å². The van der Waals surface area contributed by atoms with Gasteiger partial charge in [-0.2, -0.15) is 5.10 Å². The van der Waals surface area contributed by atoms with E-state index in [-0.39, 0.29) is 23.1 Å². The van der Waals surface area contributed by atoms with E-state index in [9.17, 15) is 9.59 Å². The average Bonchev–Trinajstić information content (AvgIpc) is 3.20. The zero-order valence-electron chi connectivity index (χ0n) is 15.8. The summed E-state index contributed by atoms with van der Waals surface area (Å²) in [6.07, 6.45) is 4.85. The molecule has 4 rings (SSSR count). The van der Waals surface area contributed by atoms with Crippen LogP contribution in [0.25, 0.3) is 0 Å². The fraction of sp³-hybridized carbons (Fsp3) is 0.500. The van der Waals surface area contributed by atoms with Crippen molar-refractivity contribution >= 4 is 11.8 Å². The second-order valence-corrected chi connectivity index (χ2v) is 7.79. The molecule has 142 valence electrons. The molecule has 1 spiro atoms. The molecule has 1 aliphatic carbocycles. The van der Waals surface area contributed by atoms with Gasteiger partial charge in [0.25, 0.3) is 5.91 Å². The highest BCUT2D eigenvalue weighted by Gasteiger charge is 2.54. The van der Waals surface area contributed by atoms with E-state index in [0.717, 1.165) is 30.7 Å². The van der Waals surface area contributed by atoms with Gasteiger partial charge in [0.1, 0.15) is 5.69 Å². The highest BCUT2D eigenvalue weighted by molar-refractivity contribution is 5.94. The third kappa shape index (κ3) is 3.22. The SMILES string of the molecule is Cc1cc(C(=O)N2CC(C(=O)NCc3ccccn3)C3(CCC3)C2)n(C)n1. The maximum Gasteiger partial charge on any atom is 0.272 e. The first-order valence-corrected chi connectivity index (χ1v) is 9.46. The number of aryl methyl sites for hydroxylation is 2. The molecule has 7 heteroatoms. The third-order valence-electron chi connectivity index (χ3n) is 5.99. The average molecular weight is 367 g/mol. The number of carbonyl (C=O) groups is 2. The van der Waals surface area contributed by atoms with Crippen LogP contribution in [0.5, 0.6) is 0 Å². The van der Waals surface area contributed by atoms with Gasteiger partial charge < -0.3 is 10.2 Å². The predicted octanol–water partition coefficient (Wildman–Crippen LogP) is 1.68. The lowest BCUT2D eigenvalue weighted by Gasteiger charge is -2.41. The van der Waals surface area contributed by atoms with Gasteiger partial charge in [0.05, 0.1) is 23.9 Å². The van der Waals surface area contributed by atoms with Crippen LogP contribution >= 0.6 is 0 Å². The summed E-state index contributed by atoms with van der Waals surface area (Å²) in [6, 6.07) is 7.47. The van der Waals surface area contributed by atoms with Gasteiger partial charge in [0.2, 0.25) is 5.91 Å². The van der Waals surface area contributed by atoms with Crippen molar-refractivity contribution in [1.82, 2.24) is 25.0 Å². The number of carbonyl (C=O) groups excluding carboxylic acids is 2. The molecule has 1 atom stereocenters. The second kappa shape index (κ2) is 6.79. The van der Waals surface area contributed by atoms with Gasteiger partial charge in [-0.25, -0.2) is 0 Å². The van der Waals surface area contributed by atoms with Crippen molar-refractivity contribution in [2.75, 3.05) is 13.1 Å². The van der Waals surface area contributed by atoms with E-state index in [4.69, 9.17) is 0 Å². The zero-order valence-corrected chi connectivity index (χ0v) is 15.8. The fourth-order valence-electron chi connectivity index (χ4n) is 4.40. The molecule has 2 aromatic heterocycles. The zero-order chi connectivity index (χ0) is 19.0. The normalized spacial score (nSPS) is 20.5. The molecule has 2 amide bonds. The van der Waals surface area contributed by atoms with Gasteiger partial charge in [-0.05, 0) is 38.0 Å². The number of likely N-dealkylation sites (tertiary alicyclic amines) is 1. The second-order valence-electron chi connectivity index (χ2n) is 7.79. The molecule has 2 aliphatic rings. The van der Waals surface area contributed by atoms with Crippen LogP contribution in [0.2, 0.25) is 0 Å².